The summed E-state index contributed by atoms with van der Waals surface area (Å²) in [5.41, 5.74) is 2.76. The third-order valence-electron chi connectivity index (χ3n) is 3.54. The van der Waals surface area contributed by atoms with Crippen molar-refractivity contribution in [3.8, 4) is 5.69 Å². The zero-order valence-electron chi connectivity index (χ0n) is 12.9. The molecular formula is C17H18N4O2S. The molecule has 7 heteroatoms. The first kappa shape index (κ1) is 16.2. The van der Waals surface area contributed by atoms with Crippen LogP contribution in [0.25, 0.3) is 5.69 Å². The summed E-state index contributed by atoms with van der Waals surface area (Å²) in [6.07, 6.45) is 2.92. The van der Waals surface area contributed by atoms with Crippen LogP contribution in [0, 0.1) is 0 Å². The molecule has 0 radical (unpaired) electrons. The zero-order valence-corrected chi connectivity index (χ0v) is 13.7. The van der Waals surface area contributed by atoms with Gasteiger partial charge in [-0.2, -0.15) is 16.4 Å². The van der Waals surface area contributed by atoms with Gasteiger partial charge in [0.1, 0.15) is 0 Å². The largest absolute Gasteiger partial charge is 0.387 e. The van der Waals surface area contributed by atoms with Gasteiger partial charge in [0.05, 0.1) is 11.8 Å². The highest BCUT2D eigenvalue weighted by molar-refractivity contribution is 7.07. The second-order valence-corrected chi connectivity index (χ2v) is 6.03. The molecule has 2 heterocycles. The number of amides is 2. The van der Waals surface area contributed by atoms with Gasteiger partial charge in [0.2, 0.25) is 0 Å². The van der Waals surface area contributed by atoms with E-state index in [1.807, 2.05) is 53.4 Å². The molecule has 0 saturated carbocycles. The van der Waals surface area contributed by atoms with Gasteiger partial charge in [-0.15, -0.1) is 0 Å². The summed E-state index contributed by atoms with van der Waals surface area (Å²) in [5, 5.41) is 23.3. The van der Waals surface area contributed by atoms with Crippen LogP contribution in [0.15, 0.2) is 59.6 Å². The number of nitrogens with one attached hydrogen (secondary N) is 2. The number of hydrogen-bond acceptors (Lipinski definition) is 4. The summed E-state index contributed by atoms with van der Waals surface area (Å²) in [6.45, 7) is 0.598. The fraction of sp³-hybridized carbons (Fsp3) is 0.176. The number of thiophene rings is 1. The molecular weight excluding hydrogens is 324 g/mol. The third-order valence-corrected chi connectivity index (χ3v) is 4.24. The van der Waals surface area contributed by atoms with E-state index >= 15 is 0 Å². The highest BCUT2D eigenvalue weighted by Crippen LogP contribution is 2.15. The lowest BCUT2D eigenvalue weighted by Gasteiger charge is -2.12. The average molecular weight is 342 g/mol. The maximum Gasteiger partial charge on any atom is 0.315 e. The zero-order chi connectivity index (χ0) is 16.8. The van der Waals surface area contributed by atoms with E-state index in [1.165, 1.54) is 11.3 Å². The standard InChI is InChI=1S/C17H18N4O2S/c22-16(14-6-9-24-12-14)11-19-17(23)18-10-13-2-4-15(5-3-13)21-8-1-7-20-21/h1-9,12,16,22H,10-11H2,(H2,18,19,23). The van der Waals surface area contributed by atoms with Crippen LogP contribution in [-0.2, 0) is 6.54 Å². The molecule has 1 aromatic carbocycles. The van der Waals surface area contributed by atoms with Gasteiger partial charge in [-0.1, -0.05) is 12.1 Å². The number of carbonyl (C=O) groups excluding carboxylic acids is 1. The van der Waals surface area contributed by atoms with Crippen molar-refractivity contribution in [1.82, 2.24) is 20.4 Å². The Morgan fingerprint density at radius 3 is 2.75 bits per heavy atom. The van der Waals surface area contributed by atoms with Crippen molar-refractivity contribution in [1.29, 1.82) is 0 Å². The Labute approximate surface area is 143 Å². The summed E-state index contributed by atoms with van der Waals surface area (Å²) in [6, 6.07) is 11.2. The molecule has 124 valence electrons. The topological polar surface area (TPSA) is 79.2 Å². The molecule has 2 amide bonds. The molecule has 0 saturated heterocycles. The number of rotatable bonds is 6. The number of urea groups is 1. The molecule has 0 aliphatic carbocycles. The van der Waals surface area contributed by atoms with Gasteiger partial charge in [0.25, 0.3) is 0 Å². The monoisotopic (exact) mass is 342 g/mol. The number of benzene rings is 1. The van der Waals surface area contributed by atoms with Crippen molar-refractivity contribution in [2.75, 3.05) is 6.54 Å². The van der Waals surface area contributed by atoms with Crippen molar-refractivity contribution in [3.63, 3.8) is 0 Å². The van der Waals surface area contributed by atoms with Gasteiger partial charge in [-0.25, -0.2) is 9.48 Å². The minimum absolute atomic E-state index is 0.181. The smallest absolute Gasteiger partial charge is 0.315 e. The normalized spacial score (nSPS) is 11.9. The van der Waals surface area contributed by atoms with Gasteiger partial charge < -0.3 is 15.7 Å². The quantitative estimate of drug-likeness (QED) is 0.644. The third kappa shape index (κ3) is 4.21. The van der Waals surface area contributed by atoms with E-state index in [4.69, 9.17) is 0 Å². The number of hydrogen-bond donors (Lipinski definition) is 3. The average Bonchev–Trinajstić information content (AvgIpc) is 3.31. The fourth-order valence-corrected chi connectivity index (χ4v) is 2.91. The van der Waals surface area contributed by atoms with Crippen LogP contribution in [0.3, 0.4) is 0 Å². The molecule has 0 aliphatic rings. The summed E-state index contributed by atoms with van der Waals surface area (Å²) < 4.78 is 1.77. The summed E-state index contributed by atoms with van der Waals surface area (Å²) in [7, 11) is 0. The van der Waals surface area contributed by atoms with E-state index in [0.717, 1.165) is 16.8 Å². The highest BCUT2D eigenvalue weighted by Gasteiger charge is 2.09. The number of carbonyl (C=O) groups is 1. The van der Waals surface area contributed by atoms with Gasteiger partial charge in [-0.05, 0) is 46.2 Å². The molecule has 3 aromatic rings. The number of aliphatic hydroxyl groups excluding tert-OH is 1. The van der Waals surface area contributed by atoms with E-state index in [-0.39, 0.29) is 12.6 Å². The molecule has 0 aliphatic heterocycles. The Morgan fingerprint density at radius 2 is 2.08 bits per heavy atom. The Bertz CT molecular complexity index is 755. The van der Waals surface area contributed by atoms with Crippen LogP contribution in [-0.4, -0.2) is 27.5 Å². The predicted octanol–water partition coefficient (Wildman–Crippen LogP) is 2.47. The lowest BCUT2D eigenvalue weighted by Crippen LogP contribution is -2.37. The van der Waals surface area contributed by atoms with Crippen molar-refractivity contribution in [2.45, 2.75) is 12.6 Å². The van der Waals surface area contributed by atoms with Crippen molar-refractivity contribution < 1.29 is 9.90 Å². The molecule has 6 nitrogen and oxygen atoms in total. The molecule has 3 rings (SSSR count). The lowest BCUT2D eigenvalue weighted by molar-refractivity contribution is 0.173. The minimum Gasteiger partial charge on any atom is -0.387 e. The number of aliphatic hydroxyl groups is 1. The Balaban J connectivity index is 1.44. The lowest BCUT2D eigenvalue weighted by atomic mass is 10.2. The number of nitrogens with zero attached hydrogens (tertiary/aromatic N) is 2. The second kappa shape index (κ2) is 7.76. The SMILES string of the molecule is O=C(NCc1ccc(-n2cccn2)cc1)NCC(O)c1ccsc1. The maximum absolute atomic E-state index is 11.8. The molecule has 3 N–H and O–H groups in total. The van der Waals surface area contributed by atoms with E-state index in [0.29, 0.717) is 6.54 Å². The Morgan fingerprint density at radius 1 is 1.25 bits per heavy atom. The van der Waals surface area contributed by atoms with Gasteiger partial charge >= 0.3 is 6.03 Å². The molecule has 1 atom stereocenters. The van der Waals surface area contributed by atoms with Crippen LogP contribution >= 0.6 is 11.3 Å². The summed E-state index contributed by atoms with van der Waals surface area (Å²) in [4.78, 5) is 11.8. The predicted molar refractivity (Wildman–Crippen MR) is 93.1 cm³/mol. The van der Waals surface area contributed by atoms with Crippen LogP contribution < -0.4 is 10.6 Å². The van der Waals surface area contributed by atoms with Crippen LogP contribution in [0.2, 0.25) is 0 Å². The first-order chi connectivity index (χ1) is 11.7. The van der Waals surface area contributed by atoms with E-state index < -0.39 is 6.10 Å². The minimum atomic E-state index is -0.685. The van der Waals surface area contributed by atoms with Crippen LogP contribution in [0.4, 0.5) is 4.79 Å². The molecule has 0 spiro atoms. The molecule has 2 aromatic heterocycles. The van der Waals surface area contributed by atoms with Gasteiger partial charge in [0, 0.05) is 25.5 Å². The summed E-state index contributed by atoms with van der Waals surface area (Å²) >= 11 is 1.52. The second-order valence-electron chi connectivity index (χ2n) is 5.25. The molecule has 24 heavy (non-hydrogen) atoms. The van der Waals surface area contributed by atoms with Gasteiger partial charge in [-0.3, -0.25) is 0 Å². The highest BCUT2D eigenvalue weighted by atomic mass is 32.1. The number of aromatic nitrogens is 2. The van der Waals surface area contributed by atoms with Crippen molar-refractivity contribution in [2.24, 2.45) is 0 Å². The van der Waals surface area contributed by atoms with Crippen molar-refractivity contribution in [3.05, 3.63) is 70.7 Å². The van der Waals surface area contributed by atoms with E-state index in [9.17, 15) is 9.90 Å². The molecule has 0 bridgehead atoms. The molecule has 1 unspecified atom stereocenters. The van der Waals surface area contributed by atoms with E-state index in [2.05, 4.69) is 15.7 Å². The van der Waals surface area contributed by atoms with Crippen molar-refractivity contribution >= 4 is 17.4 Å². The maximum atomic E-state index is 11.8. The first-order valence-electron chi connectivity index (χ1n) is 7.53. The van der Waals surface area contributed by atoms with Gasteiger partial charge in [0.15, 0.2) is 0 Å². The van der Waals surface area contributed by atoms with Crippen LogP contribution in [0.1, 0.15) is 17.2 Å². The van der Waals surface area contributed by atoms with Crippen LogP contribution in [0.5, 0.6) is 0 Å². The van der Waals surface area contributed by atoms with E-state index in [1.54, 1.807) is 10.9 Å². The first-order valence-corrected chi connectivity index (χ1v) is 8.47. The Hall–Kier alpha value is -2.64. The summed E-state index contributed by atoms with van der Waals surface area (Å²) in [5.74, 6) is 0. The molecule has 0 fully saturated rings. The Kier molecular flexibility index (Phi) is 5.25. The fourth-order valence-electron chi connectivity index (χ4n) is 2.20.